The first-order valence-corrected chi connectivity index (χ1v) is 7.87. The van der Waals surface area contributed by atoms with Crippen molar-refractivity contribution >= 4 is 16.8 Å². The molecule has 4 rings (SSSR count). The molecule has 0 amide bonds. The van der Waals surface area contributed by atoms with Gasteiger partial charge >= 0.3 is 0 Å². The van der Waals surface area contributed by atoms with Gasteiger partial charge < -0.3 is 0 Å². The number of carbonyl (C=O) groups excluding carboxylic acids is 1. The van der Waals surface area contributed by atoms with E-state index < -0.39 is 5.92 Å². The molecule has 26 heavy (non-hydrogen) atoms. The zero-order chi connectivity index (χ0) is 17.9. The number of ketones is 1. The number of Topliss-reactive ketones (excluding diaryl/α,β-unsaturated/α-hetero) is 1. The minimum absolute atomic E-state index is 0.335. The van der Waals surface area contributed by atoms with Gasteiger partial charge in [-0.05, 0) is 18.2 Å². The fraction of sp³-hybridized carbons (Fsp3) is 0.0526. The lowest BCUT2D eigenvalue weighted by Gasteiger charge is -2.09. The highest BCUT2D eigenvalue weighted by Gasteiger charge is 2.24. The predicted molar refractivity (Wildman–Crippen MR) is 94.0 cm³/mol. The molecule has 2 heterocycles. The molecule has 0 spiro atoms. The van der Waals surface area contributed by atoms with Crippen LogP contribution in [0.25, 0.3) is 22.4 Å². The first kappa shape index (κ1) is 15.6. The van der Waals surface area contributed by atoms with Gasteiger partial charge in [-0.3, -0.25) is 14.9 Å². The van der Waals surface area contributed by atoms with E-state index >= 15 is 0 Å². The molecule has 2 aromatic heterocycles. The Labute approximate surface area is 148 Å². The first-order valence-electron chi connectivity index (χ1n) is 7.87. The molecule has 7 heteroatoms. The van der Waals surface area contributed by atoms with Crippen LogP contribution in [0, 0.1) is 11.3 Å². The molecule has 0 saturated carbocycles. The summed E-state index contributed by atoms with van der Waals surface area (Å²) < 4.78 is 0. The summed E-state index contributed by atoms with van der Waals surface area (Å²) in [5.74, 6) is -0.811. The topological polar surface area (TPSA) is 108 Å². The van der Waals surface area contributed by atoms with Crippen molar-refractivity contribution in [3.8, 4) is 17.5 Å². The number of rotatable bonds is 4. The summed E-state index contributed by atoms with van der Waals surface area (Å²) in [7, 11) is 0. The second-order valence-electron chi connectivity index (χ2n) is 5.62. The number of H-pyrrole nitrogens is 1. The molecule has 1 N–H and O–H groups in total. The maximum Gasteiger partial charge on any atom is 0.186 e. The van der Waals surface area contributed by atoms with Gasteiger partial charge in [0.15, 0.2) is 17.5 Å². The fourth-order valence-corrected chi connectivity index (χ4v) is 2.70. The van der Waals surface area contributed by atoms with Crippen molar-refractivity contribution in [3.05, 3.63) is 72.3 Å². The fourth-order valence-electron chi connectivity index (χ4n) is 2.70. The van der Waals surface area contributed by atoms with Gasteiger partial charge in [0.1, 0.15) is 6.33 Å². The zero-order valence-corrected chi connectivity index (χ0v) is 13.5. The van der Waals surface area contributed by atoms with Crippen molar-refractivity contribution in [2.75, 3.05) is 0 Å². The van der Waals surface area contributed by atoms with E-state index in [1.165, 1.54) is 12.5 Å². The molecule has 124 valence electrons. The van der Waals surface area contributed by atoms with Crippen LogP contribution in [0.1, 0.15) is 22.0 Å². The molecule has 0 aliphatic heterocycles. The summed E-state index contributed by atoms with van der Waals surface area (Å²) in [6.45, 7) is 0. The summed E-state index contributed by atoms with van der Waals surface area (Å²) in [5, 5.41) is 16.1. The van der Waals surface area contributed by atoms with E-state index in [1.54, 1.807) is 24.3 Å². The minimum Gasteiger partial charge on any atom is -0.292 e. The van der Waals surface area contributed by atoms with Crippen molar-refractivity contribution < 1.29 is 4.79 Å². The van der Waals surface area contributed by atoms with Crippen LogP contribution >= 0.6 is 0 Å². The van der Waals surface area contributed by atoms with Crippen LogP contribution in [-0.2, 0) is 0 Å². The monoisotopic (exact) mass is 340 g/mol. The maximum absolute atomic E-state index is 12.9. The maximum atomic E-state index is 12.9. The average molecular weight is 340 g/mol. The summed E-state index contributed by atoms with van der Waals surface area (Å²) in [6.07, 6.45) is 2.88. The number of fused-ring (bicyclic) bond motifs is 1. The lowest BCUT2D eigenvalue weighted by atomic mass is 9.95. The quantitative estimate of drug-likeness (QED) is 0.572. The lowest BCUT2D eigenvalue weighted by molar-refractivity contribution is 0.0977. The molecule has 0 saturated heterocycles. The van der Waals surface area contributed by atoms with Crippen LogP contribution in [0.5, 0.6) is 0 Å². The van der Waals surface area contributed by atoms with Crippen LogP contribution in [0.15, 0.2) is 61.1 Å². The first-order chi connectivity index (χ1) is 12.8. The number of benzene rings is 2. The second kappa shape index (κ2) is 6.53. The third-order valence-electron chi connectivity index (χ3n) is 3.99. The summed E-state index contributed by atoms with van der Waals surface area (Å²) >= 11 is 0. The third kappa shape index (κ3) is 2.80. The van der Waals surface area contributed by atoms with Gasteiger partial charge in [0.2, 0.25) is 0 Å². The highest BCUT2D eigenvalue weighted by molar-refractivity contribution is 6.03. The van der Waals surface area contributed by atoms with Gasteiger partial charge in [-0.2, -0.15) is 10.4 Å². The molecule has 0 aliphatic carbocycles. The van der Waals surface area contributed by atoms with Gasteiger partial charge in [-0.1, -0.05) is 30.3 Å². The van der Waals surface area contributed by atoms with Crippen LogP contribution < -0.4 is 0 Å². The van der Waals surface area contributed by atoms with E-state index in [2.05, 4.69) is 25.1 Å². The number of hydrogen-bond acceptors (Lipinski definition) is 6. The Bertz CT molecular complexity index is 1130. The number of nitrogens with one attached hydrogen (secondary N) is 1. The molecule has 0 bridgehead atoms. The smallest absolute Gasteiger partial charge is 0.186 e. The Morgan fingerprint density at radius 1 is 1.08 bits per heavy atom. The largest absolute Gasteiger partial charge is 0.292 e. The number of aromatic nitrogens is 5. The molecule has 7 nitrogen and oxygen atoms in total. The number of para-hydroxylation sites is 2. The summed E-state index contributed by atoms with van der Waals surface area (Å²) in [6, 6.07) is 16.3. The Morgan fingerprint density at radius 3 is 2.69 bits per heavy atom. The van der Waals surface area contributed by atoms with E-state index in [1.807, 2.05) is 30.3 Å². The molecule has 0 aliphatic rings. The summed E-state index contributed by atoms with van der Waals surface area (Å²) in [5.41, 5.74) is 2.82. The van der Waals surface area contributed by atoms with Crippen molar-refractivity contribution in [2.24, 2.45) is 0 Å². The van der Waals surface area contributed by atoms with E-state index in [0.717, 1.165) is 5.56 Å². The summed E-state index contributed by atoms with van der Waals surface area (Å²) in [4.78, 5) is 25.7. The highest BCUT2D eigenvalue weighted by Crippen LogP contribution is 2.23. The molecule has 1 atom stereocenters. The van der Waals surface area contributed by atoms with Crippen molar-refractivity contribution in [1.82, 2.24) is 25.1 Å². The average Bonchev–Trinajstić information content (AvgIpc) is 3.23. The van der Waals surface area contributed by atoms with Crippen molar-refractivity contribution in [3.63, 3.8) is 0 Å². The molecule has 4 aromatic rings. The molecule has 1 unspecified atom stereocenters. The van der Waals surface area contributed by atoms with Gasteiger partial charge in [0, 0.05) is 11.1 Å². The van der Waals surface area contributed by atoms with Crippen LogP contribution in [0.3, 0.4) is 0 Å². The van der Waals surface area contributed by atoms with Crippen LogP contribution in [0.4, 0.5) is 0 Å². The normalized spacial score (nSPS) is 11.8. The van der Waals surface area contributed by atoms with Crippen molar-refractivity contribution in [1.29, 1.82) is 5.26 Å². The van der Waals surface area contributed by atoms with E-state index in [9.17, 15) is 10.1 Å². The lowest BCUT2D eigenvalue weighted by Crippen LogP contribution is -2.13. The van der Waals surface area contributed by atoms with Crippen molar-refractivity contribution in [2.45, 2.75) is 5.92 Å². The SMILES string of the molecule is N#CC(C(=O)c1cccc(-c2ncn[nH]2)c1)c1cnc2ccccc2n1. The van der Waals surface area contributed by atoms with E-state index in [0.29, 0.717) is 28.1 Å². The van der Waals surface area contributed by atoms with E-state index in [-0.39, 0.29) is 5.78 Å². The van der Waals surface area contributed by atoms with Gasteiger partial charge in [0.25, 0.3) is 0 Å². The minimum atomic E-state index is -1.03. The molecule has 2 aromatic carbocycles. The van der Waals surface area contributed by atoms with Crippen LogP contribution in [0.2, 0.25) is 0 Å². The predicted octanol–water partition coefficient (Wildman–Crippen LogP) is 2.90. The second-order valence-corrected chi connectivity index (χ2v) is 5.62. The van der Waals surface area contributed by atoms with Crippen LogP contribution in [-0.4, -0.2) is 30.9 Å². The number of nitrogens with zero attached hydrogens (tertiary/aromatic N) is 5. The van der Waals surface area contributed by atoms with Gasteiger partial charge in [-0.15, -0.1) is 0 Å². The highest BCUT2D eigenvalue weighted by atomic mass is 16.1. The number of carbonyl (C=O) groups is 1. The molecular weight excluding hydrogens is 328 g/mol. The third-order valence-corrected chi connectivity index (χ3v) is 3.99. The molecular formula is C19H12N6O. The Morgan fingerprint density at radius 2 is 1.92 bits per heavy atom. The van der Waals surface area contributed by atoms with E-state index in [4.69, 9.17) is 0 Å². The Hall–Kier alpha value is -3.92. The van der Waals surface area contributed by atoms with Gasteiger partial charge in [0.05, 0.1) is 29.0 Å². The zero-order valence-electron chi connectivity index (χ0n) is 13.5. The standard InChI is InChI=1S/C19H12N6O/c20-9-14(17-10-21-15-6-1-2-7-16(15)24-17)18(26)12-4-3-5-13(8-12)19-22-11-23-25-19/h1-8,10-11,14H,(H,22,23,25). The molecule has 0 fully saturated rings. The number of nitriles is 1. The number of aromatic amines is 1. The Balaban J connectivity index is 1.71. The number of hydrogen-bond donors (Lipinski definition) is 1. The molecule has 0 radical (unpaired) electrons. The Kier molecular flexibility index (Phi) is 3.92. The van der Waals surface area contributed by atoms with Gasteiger partial charge in [-0.25, -0.2) is 9.97 Å².